The first kappa shape index (κ1) is 17.8. The molecule has 3 rings (SSSR count). The normalized spacial score (nSPS) is 26.1. The zero-order valence-electron chi connectivity index (χ0n) is 14.6. The molecule has 0 bridgehead atoms. The first-order valence-corrected chi connectivity index (χ1v) is 8.83. The Labute approximate surface area is 148 Å². The van der Waals surface area contributed by atoms with Gasteiger partial charge >= 0.3 is 6.03 Å². The molecule has 2 amide bonds. The third-order valence-corrected chi connectivity index (χ3v) is 5.12. The van der Waals surface area contributed by atoms with Crippen molar-refractivity contribution in [2.24, 2.45) is 5.92 Å². The molecule has 0 radical (unpaired) electrons. The van der Waals surface area contributed by atoms with Gasteiger partial charge in [-0.1, -0.05) is 12.1 Å². The Hall–Kier alpha value is -1.99. The Morgan fingerprint density at radius 3 is 2.92 bits per heavy atom. The molecular formula is C18H27N3O4. The Kier molecular flexibility index (Phi) is 5.65. The van der Waals surface area contributed by atoms with Crippen LogP contribution in [0.25, 0.3) is 0 Å². The number of hydrogen-bond donors (Lipinski definition) is 3. The molecule has 1 aromatic rings. The lowest BCUT2D eigenvalue weighted by atomic mass is 10.1. The molecule has 3 N–H and O–H groups in total. The first-order chi connectivity index (χ1) is 12.1. The molecule has 0 aromatic heterocycles. The number of para-hydroxylation sites is 2. The van der Waals surface area contributed by atoms with Crippen LogP contribution in [0.4, 0.5) is 10.5 Å². The molecule has 0 spiro atoms. The number of aliphatic hydroxyl groups is 2. The van der Waals surface area contributed by atoms with Crippen LogP contribution in [0, 0.1) is 5.92 Å². The topological polar surface area (TPSA) is 85.3 Å². The fourth-order valence-electron chi connectivity index (χ4n) is 3.76. The smallest absolute Gasteiger partial charge is 0.317 e. The summed E-state index contributed by atoms with van der Waals surface area (Å²) in [5.41, 5.74) is 1.09. The molecule has 7 nitrogen and oxygen atoms in total. The lowest BCUT2D eigenvalue weighted by Crippen LogP contribution is -2.46. The van der Waals surface area contributed by atoms with Gasteiger partial charge in [0, 0.05) is 26.2 Å². The van der Waals surface area contributed by atoms with Crippen molar-refractivity contribution >= 4 is 11.7 Å². The van der Waals surface area contributed by atoms with E-state index in [1.807, 2.05) is 18.2 Å². The number of aliphatic hydroxyl groups excluding tert-OH is 2. The van der Waals surface area contributed by atoms with Gasteiger partial charge in [0.1, 0.15) is 5.75 Å². The van der Waals surface area contributed by atoms with Gasteiger partial charge in [0.2, 0.25) is 0 Å². The van der Waals surface area contributed by atoms with Crippen molar-refractivity contribution in [2.45, 2.75) is 25.0 Å². The van der Waals surface area contributed by atoms with Crippen LogP contribution >= 0.6 is 0 Å². The number of hydrogen-bond acceptors (Lipinski definition) is 5. The van der Waals surface area contributed by atoms with Gasteiger partial charge in [-0.2, -0.15) is 0 Å². The van der Waals surface area contributed by atoms with Gasteiger partial charge in [0.15, 0.2) is 0 Å². The molecule has 2 saturated heterocycles. The van der Waals surface area contributed by atoms with Crippen LogP contribution in [0.2, 0.25) is 0 Å². The Morgan fingerprint density at radius 1 is 1.36 bits per heavy atom. The Balaban J connectivity index is 1.51. The fraction of sp³-hybridized carbons (Fsp3) is 0.611. The zero-order chi connectivity index (χ0) is 17.8. The highest BCUT2D eigenvalue weighted by Gasteiger charge is 2.34. The summed E-state index contributed by atoms with van der Waals surface area (Å²) in [4.78, 5) is 16.2. The van der Waals surface area contributed by atoms with Gasteiger partial charge in [0.25, 0.3) is 0 Å². The van der Waals surface area contributed by atoms with Crippen molar-refractivity contribution in [3.05, 3.63) is 24.3 Å². The Bertz CT molecular complexity index is 597. The molecule has 2 aliphatic heterocycles. The molecule has 0 aliphatic carbocycles. The molecule has 25 heavy (non-hydrogen) atoms. The predicted octanol–water partition coefficient (Wildman–Crippen LogP) is 0.659. The van der Waals surface area contributed by atoms with E-state index < -0.39 is 6.10 Å². The molecule has 138 valence electrons. The van der Waals surface area contributed by atoms with E-state index in [-0.39, 0.29) is 25.2 Å². The van der Waals surface area contributed by atoms with E-state index in [4.69, 9.17) is 4.74 Å². The van der Waals surface area contributed by atoms with Crippen molar-refractivity contribution in [1.29, 1.82) is 0 Å². The van der Waals surface area contributed by atoms with E-state index in [0.29, 0.717) is 18.9 Å². The minimum atomic E-state index is -0.546. The van der Waals surface area contributed by atoms with Crippen molar-refractivity contribution in [3.63, 3.8) is 0 Å². The first-order valence-electron chi connectivity index (χ1n) is 8.83. The third kappa shape index (κ3) is 3.99. The highest BCUT2D eigenvalue weighted by Crippen LogP contribution is 2.31. The van der Waals surface area contributed by atoms with Gasteiger partial charge in [-0.15, -0.1) is 0 Å². The zero-order valence-corrected chi connectivity index (χ0v) is 14.6. The average molecular weight is 349 g/mol. The molecule has 3 atom stereocenters. The van der Waals surface area contributed by atoms with Gasteiger partial charge in [-0.05, 0) is 30.9 Å². The number of methoxy groups -OCH3 is 1. The van der Waals surface area contributed by atoms with Gasteiger partial charge in [-0.3, -0.25) is 0 Å². The predicted molar refractivity (Wildman–Crippen MR) is 94.9 cm³/mol. The highest BCUT2D eigenvalue weighted by atomic mass is 16.5. The van der Waals surface area contributed by atoms with Crippen molar-refractivity contribution < 1.29 is 19.7 Å². The lowest BCUT2D eigenvalue weighted by Gasteiger charge is -2.24. The largest absolute Gasteiger partial charge is 0.495 e. The average Bonchev–Trinajstić information content (AvgIpc) is 3.26. The number of amides is 2. The van der Waals surface area contributed by atoms with Crippen LogP contribution in [-0.4, -0.2) is 73.2 Å². The highest BCUT2D eigenvalue weighted by molar-refractivity contribution is 5.75. The minimum Gasteiger partial charge on any atom is -0.495 e. The SMILES string of the molecule is COc1ccccc1N1CCC(CNC(=O)N2C[C@@H](O)C[C@H]2CO)C1. The molecule has 1 aromatic carbocycles. The summed E-state index contributed by atoms with van der Waals surface area (Å²) in [6.45, 7) is 2.56. The number of carbonyl (C=O) groups is 1. The van der Waals surface area contributed by atoms with E-state index in [1.54, 1.807) is 7.11 Å². The summed E-state index contributed by atoms with van der Waals surface area (Å²) in [7, 11) is 1.68. The minimum absolute atomic E-state index is 0.116. The monoisotopic (exact) mass is 349 g/mol. The molecule has 1 unspecified atom stereocenters. The fourth-order valence-corrected chi connectivity index (χ4v) is 3.76. The van der Waals surface area contributed by atoms with Crippen molar-refractivity contribution in [1.82, 2.24) is 10.2 Å². The maximum absolute atomic E-state index is 12.3. The van der Waals surface area contributed by atoms with Crippen LogP contribution in [0.3, 0.4) is 0 Å². The summed E-state index contributed by atoms with van der Waals surface area (Å²) in [6.07, 6.45) is 0.898. The van der Waals surface area contributed by atoms with E-state index in [9.17, 15) is 15.0 Å². The number of anilines is 1. The van der Waals surface area contributed by atoms with Crippen LogP contribution in [0.5, 0.6) is 5.75 Å². The van der Waals surface area contributed by atoms with Crippen LogP contribution < -0.4 is 15.0 Å². The van der Waals surface area contributed by atoms with E-state index in [1.165, 1.54) is 4.90 Å². The molecule has 2 fully saturated rings. The lowest BCUT2D eigenvalue weighted by molar-refractivity contribution is 0.154. The summed E-state index contributed by atoms with van der Waals surface area (Å²) < 4.78 is 5.43. The third-order valence-electron chi connectivity index (χ3n) is 5.12. The van der Waals surface area contributed by atoms with Crippen LogP contribution in [-0.2, 0) is 0 Å². The number of rotatable bonds is 5. The van der Waals surface area contributed by atoms with Crippen LogP contribution in [0.15, 0.2) is 24.3 Å². The quantitative estimate of drug-likeness (QED) is 0.727. The summed E-state index contributed by atoms with van der Waals surface area (Å²) in [5.74, 6) is 1.23. The van der Waals surface area contributed by atoms with E-state index >= 15 is 0 Å². The maximum atomic E-state index is 12.3. The number of carbonyl (C=O) groups excluding carboxylic acids is 1. The second-order valence-electron chi connectivity index (χ2n) is 6.84. The number of urea groups is 1. The summed E-state index contributed by atoms with van der Waals surface area (Å²) in [5, 5.41) is 22.0. The van der Waals surface area contributed by atoms with Crippen molar-refractivity contribution in [3.8, 4) is 5.75 Å². The molecule has 0 saturated carbocycles. The molecule has 7 heteroatoms. The summed E-state index contributed by atoms with van der Waals surface area (Å²) in [6, 6.07) is 7.48. The van der Waals surface area contributed by atoms with Crippen molar-refractivity contribution in [2.75, 3.05) is 44.8 Å². The number of nitrogens with one attached hydrogen (secondary N) is 1. The number of β-amino-alcohol motifs (C(OH)–C–C–N with tert-alkyl or cyclic N) is 1. The summed E-state index contributed by atoms with van der Waals surface area (Å²) >= 11 is 0. The number of nitrogens with zero attached hydrogens (tertiary/aromatic N) is 2. The molecule has 2 heterocycles. The molecule has 2 aliphatic rings. The molecular weight excluding hydrogens is 322 g/mol. The Morgan fingerprint density at radius 2 is 2.16 bits per heavy atom. The second kappa shape index (κ2) is 7.93. The number of benzene rings is 1. The van der Waals surface area contributed by atoms with Gasteiger partial charge < -0.3 is 30.1 Å². The standard InChI is InChI=1S/C18H27N3O4/c1-25-17-5-3-2-4-16(17)20-7-6-13(10-20)9-19-18(24)21-11-15(23)8-14(21)12-22/h2-5,13-15,22-23H,6-12H2,1H3,(H,19,24)/t13?,14-,15-/m0/s1. The number of likely N-dealkylation sites (tertiary alicyclic amines) is 1. The van der Waals surface area contributed by atoms with Gasteiger partial charge in [0.05, 0.1) is 31.5 Å². The van der Waals surface area contributed by atoms with Crippen LogP contribution in [0.1, 0.15) is 12.8 Å². The number of ether oxygens (including phenoxy) is 1. The van der Waals surface area contributed by atoms with E-state index in [0.717, 1.165) is 30.9 Å². The van der Waals surface area contributed by atoms with Gasteiger partial charge in [-0.25, -0.2) is 4.79 Å². The van der Waals surface area contributed by atoms with E-state index in [2.05, 4.69) is 16.3 Å². The second-order valence-corrected chi connectivity index (χ2v) is 6.84. The maximum Gasteiger partial charge on any atom is 0.317 e.